The van der Waals surface area contributed by atoms with E-state index in [2.05, 4.69) is 47.9 Å². The van der Waals surface area contributed by atoms with Gasteiger partial charge in [0.2, 0.25) is 5.91 Å². The molecule has 2 aromatic carbocycles. The predicted octanol–water partition coefficient (Wildman–Crippen LogP) is 4.25. The molecule has 2 aliphatic heterocycles. The number of amides is 2. The van der Waals surface area contributed by atoms with E-state index in [-0.39, 0.29) is 17.9 Å². The van der Waals surface area contributed by atoms with E-state index in [1.54, 1.807) is 7.11 Å². The van der Waals surface area contributed by atoms with Gasteiger partial charge in [-0.05, 0) is 54.9 Å². The Labute approximate surface area is 227 Å². The number of para-hydroxylation sites is 1. The minimum atomic E-state index is -0.0493. The predicted molar refractivity (Wildman–Crippen MR) is 149 cm³/mol. The second-order valence-corrected chi connectivity index (χ2v) is 10.9. The maximum atomic E-state index is 13.8. The highest BCUT2D eigenvalue weighted by atomic mass is 16.5. The van der Waals surface area contributed by atoms with Gasteiger partial charge in [-0.15, -0.1) is 0 Å². The third kappa shape index (κ3) is 7.35. The molecule has 206 valence electrons. The average molecular weight is 522 g/mol. The van der Waals surface area contributed by atoms with Crippen molar-refractivity contribution in [3.05, 3.63) is 65.2 Å². The van der Waals surface area contributed by atoms with Crippen molar-refractivity contribution >= 4 is 11.8 Å². The molecule has 7 heteroatoms. The van der Waals surface area contributed by atoms with Crippen molar-refractivity contribution in [3.8, 4) is 5.75 Å². The SMILES string of the molecule is COCCN1CCCCN(C(=O)CN2CCc3ccccc3C2)[C@@H](CC(C)C)COc2ccccc2C1=O. The number of fused-ring (bicyclic) bond motifs is 2. The lowest BCUT2D eigenvalue weighted by Crippen LogP contribution is -2.49. The summed E-state index contributed by atoms with van der Waals surface area (Å²) in [6.07, 6.45) is 3.49. The molecule has 38 heavy (non-hydrogen) atoms. The zero-order valence-electron chi connectivity index (χ0n) is 23.2. The second-order valence-electron chi connectivity index (χ2n) is 10.9. The van der Waals surface area contributed by atoms with Crippen LogP contribution in [0, 0.1) is 5.92 Å². The lowest BCUT2D eigenvalue weighted by Gasteiger charge is -2.36. The first-order chi connectivity index (χ1) is 18.5. The molecule has 0 radical (unpaired) electrons. The van der Waals surface area contributed by atoms with Gasteiger partial charge in [0, 0.05) is 39.8 Å². The second kappa shape index (κ2) is 13.8. The van der Waals surface area contributed by atoms with E-state index in [1.165, 1.54) is 11.1 Å². The number of carbonyl (C=O) groups is 2. The van der Waals surface area contributed by atoms with Gasteiger partial charge in [-0.25, -0.2) is 0 Å². The number of benzene rings is 2. The zero-order chi connectivity index (χ0) is 26.9. The Morgan fingerprint density at radius 2 is 1.76 bits per heavy atom. The molecule has 0 saturated carbocycles. The van der Waals surface area contributed by atoms with Crippen LogP contribution in [-0.2, 0) is 22.5 Å². The zero-order valence-corrected chi connectivity index (χ0v) is 23.2. The molecule has 2 heterocycles. The van der Waals surface area contributed by atoms with Crippen molar-refractivity contribution < 1.29 is 19.1 Å². The molecule has 4 rings (SSSR count). The highest BCUT2D eigenvalue weighted by Crippen LogP contribution is 2.24. The van der Waals surface area contributed by atoms with Crippen LogP contribution in [0.15, 0.2) is 48.5 Å². The van der Waals surface area contributed by atoms with Gasteiger partial charge in [-0.1, -0.05) is 50.2 Å². The van der Waals surface area contributed by atoms with E-state index < -0.39 is 0 Å². The van der Waals surface area contributed by atoms with E-state index in [9.17, 15) is 9.59 Å². The van der Waals surface area contributed by atoms with Crippen LogP contribution in [0.25, 0.3) is 0 Å². The fourth-order valence-electron chi connectivity index (χ4n) is 5.54. The van der Waals surface area contributed by atoms with Crippen LogP contribution < -0.4 is 4.74 Å². The van der Waals surface area contributed by atoms with Crippen molar-refractivity contribution in [2.45, 2.75) is 52.1 Å². The van der Waals surface area contributed by atoms with Crippen LogP contribution >= 0.6 is 0 Å². The number of ether oxygens (including phenoxy) is 2. The number of hydrogen-bond acceptors (Lipinski definition) is 5. The van der Waals surface area contributed by atoms with Crippen LogP contribution in [0.1, 0.15) is 54.6 Å². The highest BCUT2D eigenvalue weighted by Gasteiger charge is 2.29. The number of nitrogens with zero attached hydrogens (tertiary/aromatic N) is 3. The van der Waals surface area contributed by atoms with Gasteiger partial charge >= 0.3 is 0 Å². The molecule has 0 aliphatic carbocycles. The van der Waals surface area contributed by atoms with Crippen LogP contribution in [0.2, 0.25) is 0 Å². The lowest BCUT2D eigenvalue weighted by atomic mass is 9.99. The molecule has 2 amide bonds. The maximum absolute atomic E-state index is 13.8. The molecular weight excluding hydrogens is 478 g/mol. The summed E-state index contributed by atoms with van der Waals surface area (Å²) in [7, 11) is 1.65. The molecule has 0 unspecified atom stereocenters. The van der Waals surface area contributed by atoms with Gasteiger partial charge in [0.15, 0.2) is 0 Å². The van der Waals surface area contributed by atoms with Crippen molar-refractivity contribution in [2.24, 2.45) is 5.92 Å². The molecule has 0 aromatic heterocycles. The number of carbonyl (C=O) groups excluding carboxylic acids is 2. The third-order valence-corrected chi connectivity index (χ3v) is 7.55. The van der Waals surface area contributed by atoms with E-state index in [0.29, 0.717) is 56.6 Å². The Balaban J connectivity index is 1.54. The number of methoxy groups -OCH3 is 1. The smallest absolute Gasteiger partial charge is 0.257 e. The molecule has 0 bridgehead atoms. The highest BCUT2D eigenvalue weighted by molar-refractivity contribution is 5.97. The summed E-state index contributed by atoms with van der Waals surface area (Å²) < 4.78 is 11.6. The third-order valence-electron chi connectivity index (χ3n) is 7.55. The first-order valence-corrected chi connectivity index (χ1v) is 14.0. The standard InChI is InChI=1S/C31H43N3O4/c1-24(2)20-27-23-38-29-13-7-6-12-28(29)31(36)33(18-19-37-3)15-8-9-16-34(27)30(35)22-32-17-14-25-10-4-5-11-26(25)21-32/h4-7,10-13,24,27H,8-9,14-23H2,1-3H3/t27-/m0/s1. The van der Waals surface area contributed by atoms with E-state index in [1.807, 2.05) is 29.2 Å². The normalized spacial score (nSPS) is 19.3. The van der Waals surface area contributed by atoms with Crippen molar-refractivity contribution in [1.29, 1.82) is 0 Å². The Hall–Kier alpha value is -2.90. The average Bonchev–Trinajstić information content (AvgIpc) is 2.91. The van der Waals surface area contributed by atoms with Crippen LogP contribution in [0.5, 0.6) is 5.75 Å². The summed E-state index contributed by atoms with van der Waals surface area (Å²) in [5.41, 5.74) is 3.27. The molecule has 7 nitrogen and oxygen atoms in total. The van der Waals surface area contributed by atoms with E-state index in [4.69, 9.17) is 9.47 Å². The van der Waals surface area contributed by atoms with Gasteiger partial charge in [-0.3, -0.25) is 14.5 Å². The summed E-state index contributed by atoms with van der Waals surface area (Å²) in [5, 5.41) is 0. The van der Waals surface area contributed by atoms with Gasteiger partial charge in [0.05, 0.1) is 24.8 Å². The van der Waals surface area contributed by atoms with Gasteiger partial charge < -0.3 is 19.3 Å². The maximum Gasteiger partial charge on any atom is 0.257 e. The van der Waals surface area contributed by atoms with Crippen molar-refractivity contribution in [1.82, 2.24) is 14.7 Å². The molecule has 0 fully saturated rings. The molecular formula is C31H43N3O4. The summed E-state index contributed by atoms with van der Waals surface area (Å²) in [4.78, 5) is 33.4. The van der Waals surface area contributed by atoms with Crippen LogP contribution in [0.3, 0.4) is 0 Å². The molecule has 2 aliphatic rings. The molecule has 0 spiro atoms. The van der Waals surface area contributed by atoms with E-state index in [0.717, 1.165) is 38.8 Å². The van der Waals surface area contributed by atoms with Crippen LogP contribution in [-0.4, -0.2) is 85.6 Å². The largest absolute Gasteiger partial charge is 0.491 e. The van der Waals surface area contributed by atoms with Gasteiger partial charge in [0.1, 0.15) is 12.4 Å². The fraction of sp³-hybridized carbons (Fsp3) is 0.548. The Morgan fingerprint density at radius 3 is 2.55 bits per heavy atom. The van der Waals surface area contributed by atoms with Crippen molar-refractivity contribution in [2.75, 3.05) is 53.0 Å². The minimum Gasteiger partial charge on any atom is -0.491 e. The minimum absolute atomic E-state index is 0.0306. The van der Waals surface area contributed by atoms with E-state index >= 15 is 0 Å². The summed E-state index contributed by atoms with van der Waals surface area (Å²) in [6, 6.07) is 15.9. The fourth-order valence-corrected chi connectivity index (χ4v) is 5.54. The molecule has 0 saturated heterocycles. The summed E-state index contributed by atoms with van der Waals surface area (Å²) >= 11 is 0. The Kier molecular flexibility index (Phi) is 10.2. The topological polar surface area (TPSA) is 62.3 Å². The molecule has 2 aromatic rings. The number of hydrogen-bond donors (Lipinski definition) is 0. The summed E-state index contributed by atoms with van der Waals surface area (Å²) in [6.45, 7) is 9.16. The first kappa shape index (κ1) is 28.1. The van der Waals surface area contributed by atoms with Crippen LogP contribution in [0.4, 0.5) is 0 Å². The molecule has 0 N–H and O–H groups in total. The van der Waals surface area contributed by atoms with Gasteiger partial charge in [-0.2, -0.15) is 0 Å². The monoisotopic (exact) mass is 521 g/mol. The summed E-state index contributed by atoms with van der Waals surface area (Å²) in [5.74, 6) is 1.12. The lowest BCUT2D eigenvalue weighted by molar-refractivity contribution is -0.136. The first-order valence-electron chi connectivity index (χ1n) is 14.0. The molecule has 1 atom stereocenters. The van der Waals surface area contributed by atoms with Gasteiger partial charge in [0.25, 0.3) is 5.91 Å². The Bertz CT molecular complexity index is 1070. The number of rotatable bonds is 7. The Morgan fingerprint density at radius 1 is 1.03 bits per heavy atom. The van der Waals surface area contributed by atoms with Crippen molar-refractivity contribution in [3.63, 3.8) is 0 Å². The quantitative estimate of drug-likeness (QED) is 0.545.